The van der Waals surface area contributed by atoms with Crippen LogP contribution in [0.1, 0.15) is 24.9 Å². The molecule has 1 unspecified atom stereocenters. The van der Waals surface area contributed by atoms with E-state index in [9.17, 15) is 4.39 Å². The van der Waals surface area contributed by atoms with E-state index < -0.39 is 0 Å². The summed E-state index contributed by atoms with van der Waals surface area (Å²) in [6.45, 7) is 2.06. The summed E-state index contributed by atoms with van der Waals surface area (Å²) >= 11 is 0. The number of hydrogen-bond acceptors (Lipinski definition) is 2. The van der Waals surface area contributed by atoms with Gasteiger partial charge in [0.25, 0.3) is 0 Å². The summed E-state index contributed by atoms with van der Waals surface area (Å²) in [6, 6.07) is 14.5. The lowest BCUT2D eigenvalue weighted by atomic mass is 10.0. The van der Waals surface area contributed by atoms with E-state index in [0.29, 0.717) is 5.69 Å². The summed E-state index contributed by atoms with van der Waals surface area (Å²) in [5, 5.41) is 3.23. The number of ether oxygens (including phenoxy) is 1. The zero-order valence-electron chi connectivity index (χ0n) is 11.2. The molecular formula is C16H18FNO. The summed E-state index contributed by atoms with van der Waals surface area (Å²) in [5.74, 6) is 0.578. The van der Waals surface area contributed by atoms with Gasteiger partial charge in [-0.15, -0.1) is 0 Å². The van der Waals surface area contributed by atoms with E-state index in [1.54, 1.807) is 19.2 Å². The first kappa shape index (κ1) is 13.4. The van der Waals surface area contributed by atoms with Crippen molar-refractivity contribution in [2.24, 2.45) is 0 Å². The second-order valence-electron chi connectivity index (χ2n) is 4.33. The van der Waals surface area contributed by atoms with Crippen molar-refractivity contribution in [3.63, 3.8) is 0 Å². The quantitative estimate of drug-likeness (QED) is 0.859. The number of hydrogen-bond donors (Lipinski definition) is 1. The molecule has 0 bridgehead atoms. The highest BCUT2D eigenvalue weighted by Gasteiger charge is 2.15. The fraction of sp³-hybridized carbons (Fsp3) is 0.250. The topological polar surface area (TPSA) is 21.3 Å². The molecule has 19 heavy (non-hydrogen) atoms. The molecule has 0 radical (unpaired) electrons. The third-order valence-corrected chi connectivity index (χ3v) is 3.13. The van der Waals surface area contributed by atoms with Gasteiger partial charge < -0.3 is 10.1 Å². The molecule has 0 saturated carbocycles. The van der Waals surface area contributed by atoms with Crippen LogP contribution in [0.3, 0.4) is 0 Å². The highest BCUT2D eigenvalue weighted by molar-refractivity contribution is 5.48. The molecule has 2 rings (SSSR count). The lowest BCUT2D eigenvalue weighted by Gasteiger charge is -2.21. The predicted octanol–water partition coefficient (Wildman–Crippen LogP) is 4.40. The standard InChI is InChI=1S/C16H18FNO/c1-3-14(12-8-4-7-11-16(12)19-2)18-15-10-6-5-9-13(15)17/h4-11,14,18H,3H2,1-2H3. The monoisotopic (exact) mass is 259 g/mol. The molecule has 100 valence electrons. The molecule has 0 aliphatic heterocycles. The van der Waals surface area contributed by atoms with Crippen molar-refractivity contribution in [2.45, 2.75) is 19.4 Å². The second kappa shape index (κ2) is 6.23. The average Bonchev–Trinajstić information content (AvgIpc) is 2.46. The Morgan fingerprint density at radius 2 is 1.79 bits per heavy atom. The molecule has 0 aromatic heterocycles. The minimum Gasteiger partial charge on any atom is -0.496 e. The fourth-order valence-corrected chi connectivity index (χ4v) is 2.12. The molecule has 0 heterocycles. The first-order valence-corrected chi connectivity index (χ1v) is 6.40. The minimum absolute atomic E-state index is 0.0213. The van der Waals surface area contributed by atoms with Crippen molar-refractivity contribution in [2.75, 3.05) is 12.4 Å². The zero-order valence-corrected chi connectivity index (χ0v) is 11.2. The Balaban J connectivity index is 2.28. The van der Waals surface area contributed by atoms with Crippen LogP contribution in [0.25, 0.3) is 0 Å². The zero-order chi connectivity index (χ0) is 13.7. The van der Waals surface area contributed by atoms with Gasteiger partial charge in [0, 0.05) is 5.56 Å². The van der Waals surface area contributed by atoms with Crippen molar-refractivity contribution in [3.8, 4) is 5.75 Å². The van der Waals surface area contributed by atoms with Crippen LogP contribution in [-0.4, -0.2) is 7.11 Å². The fourth-order valence-electron chi connectivity index (χ4n) is 2.12. The summed E-state index contributed by atoms with van der Waals surface area (Å²) in [7, 11) is 1.65. The van der Waals surface area contributed by atoms with Crippen LogP contribution in [0.5, 0.6) is 5.75 Å². The molecule has 2 nitrogen and oxygen atoms in total. The van der Waals surface area contributed by atoms with Gasteiger partial charge in [-0.2, -0.15) is 0 Å². The van der Waals surface area contributed by atoms with Crippen LogP contribution in [0.4, 0.5) is 10.1 Å². The molecule has 0 saturated heterocycles. The van der Waals surface area contributed by atoms with E-state index >= 15 is 0 Å². The molecule has 2 aromatic carbocycles. The van der Waals surface area contributed by atoms with Gasteiger partial charge in [-0.25, -0.2) is 4.39 Å². The Bertz CT molecular complexity index is 542. The number of rotatable bonds is 5. The molecular weight excluding hydrogens is 241 g/mol. The molecule has 0 fully saturated rings. The Morgan fingerprint density at radius 1 is 1.11 bits per heavy atom. The highest BCUT2D eigenvalue weighted by atomic mass is 19.1. The largest absolute Gasteiger partial charge is 0.496 e. The Labute approximate surface area is 113 Å². The van der Waals surface area contributed by atoms with E-state index in [4.69, 9.17) is 4.74 Å². The molecule has 0 spiro atoms. The SMILES string of the molecule is CCC(Nc1ccccc1F)c1ccccc1OC. The number of benzene rings is 2. The molecule has 0 aliphatic carbocycles. The first-order valence-electron chi connectivity index (χ1n) is 6.40. The number of anilines is 1. The molecule has 0 amide bonds. The maximum absolute atomic E-state index is 13.7. The van der Waals surface area contributed by atoms with Gasteiger partial charge in [-0.1, -0.05) is 37.3 Å². The number of nitrogens with one attached hydrogen (secondary N) is 1. The van der Waals surface area contributed by atoms with Crippen molar-refractivity contribution in [1.29, 1.82) is 0 Å². The first-order chi connectivity index (χ1) is 9.26. The summed E-state index contributed by atoms with van der Waals surface area (Å²) in [4.78, 5) is 0. The van der Waals surface area contributed by atoms with Crippen molar-refractivity contribution in [3.05, 3.63) is 59.9 Å². The van der Waals surface area contributed by atoms with Crippen LogP contribution < -0.4 is 10.1 Å². The van der Waals surface area contributed by atoms with Crippen LogP contribution in [0.15, 0.2) is 48.5 Å². The van der Waals surface area contributed by atoms with Gasteiger partial charge in [0.2, 0.25) is 0 Å². The van der Waals surface area contributed by atoms with Gasteiger partial charge in [0.15, 0.2) is 0 Å². The maximum atomic E-state index is 13.7. The lowest BCUT2D eigenvalue weighted by molar-refractivity contribution is 0.406. The molecule has 1 N–H and O–H groups in total. The van der Waals surface area contributed by atoms with Gasteiger partial charge in [0.05, 0.1) is 18.8 Å². The second-order valence-corrected chi connectivity index (χ2v) is 4.33. The molecule has 2 aromatic rings. The van der Waals surface area contributed by atoms with Crippen LogP contribution in [0.2, 0.25) is 0 Å². The van der Waals surface area contributed by atoms with E-state index in [1.807, 2.05) is 30.3 Å². The van der Waals surface area contributed by atoms with Crippen LogP contribution >= 0.6 is 0 Å². The number of halogens is 1. The van der Waals surface area contributed by atoms with Crippen molar-refractivity contribution in [1.82, 2.24) is 0 Å². The van der Waals surface area contributed by atoms with E-state index in [2.05, 4.69) is 12.2 Å². The number of para-hydroxylation sites is 2. The Morgan fingerprint density at radius 3 is 2.47 bits per heavy atom. The van der Waals surface area contributed by atoms with Crippen molar-refractivity contribution < 1.29 is 9.13 Å². The van der Waals surface area contributed by atoms with E-state index in [-0.39, 0.29) is 11.9 Å². The van der Waals surface area contributed by atoms with Gasteiger partial charge in [0.1, 0.15) is 11.6 Å². The smallest absolute Gasteiger partial charge is 0.146 e. The predicted molar refractivity (Wildman–Crippen MR) is 76.0 cm³/mol. The summed E-state index contributed by atoms with van der Waals surface area (Å²) in [5.41, 5.74) is 1.55. The highest BCUT2D eigenvalue weighted by Crippen LogP contribution is 2.30. The van der Waals surface area contributed by atoms with Crippen LogP contribution in [0, 0.1) is 5.82 Å². The third-order valence-electron chi connectivity index (χ3n) is 3.13. The third kappa shape index (κ3) is 3.05. The minimum atomic E-state index is -0.240. The van der Waals surface area contributed by atoms with Gasteiger partial charge in [-0.3, -0.25) is 0 Å². The van der Waals surface area contributed by atoms with Gasteiger partial charge in [-0.05, 0) is 24.6 Å². The van der Waals surface area contributed by atoms with Crippen LogP contribution in [-0.2, 0) is 0 Å². The summed E-state index contributed by atoms with van der Waals surface area (Å²) < 4.78 is 19.1. The molecule has 0 aliphatic rings. The van der Waals surface area contributed by atoms with E-state index in [0.717, 1.165) is 17.7 Å². The van der Waals surface area contributed by atoms with Gasteiger partial charge >= 0.3 is 0 Å². The lowest BCUT2D eigenvalue weighted by Crippen LogP contribution is -2.11. The van der Waals surface area contributed by atoms with Crippen molar-refractivity contribution >= 4 is 5.69 Å². The maximum Gasteiger partial charge on any atom is 0.146 e. The Hall–Kier alpha value is -2.03. The molecule has 3 heteroatoms. The Kier molecular flexibility index (Phi) is 4.39. The molecule has 1 atom stereocenters. The number of methoxy groups -OCH3 is 1. The average molecular weight is 259 g/mol. The van der Waals surface area contributed by atoms with E-state index in [1.165, 1.54) is 6.07 Å². The summed E-state index contributed by atoms with van der Waals surface area (Å²) in [6.07, 6.45) is 0.842. The normalized spacial score (nSPS) is 11.9.